The van der Waals surface area contributed by atoms with E-state index in [0.717, 1.165) is 25.3 Å². The standard InChI is InChI=1S/C11H16Cl2N4/c1-17(7-8-3-2-4-14-6-8)9-5-10(12)15-16-11(9)13/h5,8,14H,2-4,6-7H2,1H3. The number of anilines is 1. The van der Waals surface area contributed by atoms with Crippen molar-refractivity contribution in [3.05, 3.63) is 16.4 Å². The second-order valence-corrected chi connectivity index (χ2v) is 5.18. The molecule has 94 valence electrons. The Balaban J connectivity index is 2.02. The van der Waals surface area contributed by atoms with E-state index in [1.807, 2.05) is 7.05 Å². The minimum absolute atomic E-state index is 0.373. The SMILES string of the molecule is CN(CC1CCCNC1)c1cc(Cl)nnc1Cl. The predicted octanol–water partition coefficient (Wildman–Crippen LogP) is 2.22. The second kappa shape index (κ2) is 5.85. The highest BCUT2D eigenvalue weighted by Gasteiger charge is 2.17. The molecule has 1 aromatic rings. The van der Waals surface area contributed by atoms with Crippen molar-refractivity contribution >= 4 is 28.9 Å². The van der Waals surface area contributed by atoms with Crippen molar-refractivity contribution in [3.8, 4) is 0 Å². The van der Waals surface area contributed by atoms with E-state index < -0.39 is 0 Å². The zero-order chi connectivity index (χ0) is 12.3. The smallest absolute Gasteiger partial charge is 0.175 e. The maximum Gasteiger partial charge on any atom is 0.175 e. The molecule has 0 saturated carbocycles. The molecule has 1 unspecified atom stereocenters. The summed E-state index contributed by atoms with van der Waals surface area (Å²) in [4.78, 5) is 2.10. The molecule has 1 fully saturated rings. The van der Waals surface area contributed by atoms with E-state index in [0.29, 0.717) is 16.2 Å². The molecule has 6 heteroatoms. The lowest BCUT2D eigenvalue weighted by molar-refractivity contribution is 0.381. The van der Waals surface area contributed by atoms with Crippen LogP contribution in [0.5, 0.6) is 0 Å². The summed E-state index contributed by atoms with van der Waals surface area (Å²) in [6, 6.07) is 1.76. The molecule has 1 saturated heterocycles. The number of halogens is 2. The van der Waals surface area contributed by atoms with Crippen molar-refractivity contribution in [2.24, 2.45) is 5.92 Å². The first-order valence-electron chi connectivity index (χ1n) is 5.77. The number of hydrogen-bond acceptors (Lipinski definition) is 4. The fraction of sp³-hybridized carbons (Fsp3) is 0.636. The largest absolute Gasteiger partial charge is 0.372 e. The Bertz CT molecular complexity index is 380. The molecule has 0 spiro atoms. The van der Waals surface area contributed by atoms with Gasteiger partial charge in [-0.2, -0.15) is 0 Å². The first-order chi connectivity index (χ1) is 8.16. The molecule has 2 rings (SSSR count). The third-order valence-corrected chi connectivity index (χ3v) is 3.50. The minimum Gasteiger partial charge on any atom is -0.372 e. The molecule has 0 radical (unpaired) electrons. The Hall–Kier alpha value is -0.580. The summed E-state index contributed by atoms with van der Waals surface area (Å²) in [5, 5.41) is 11.7. The maximum absolute atomic E-state index is 6.02. The van der Waals surface area contributed by atoms with Crippen molar-refractivity contribution in [2.45, 2.75) is 12.8 Å². The van der Waals surface area contributed by atoms with Crippen molar-refractivity contribution in [1.82, 2.24) is 15.5 Å². The van der Waals surface area contributed by atoms with Crippen LogP contribution in [0, 0.1) is 5.92 Å². The molecule has 1 atom stereocenters. The van der Waals surface area contributed by atoms with Crippen LogP contribution in [0.1, 0.15) is 12.8 Å². The van der Waals surface area contributed by atoms with Gasteiger partial charge in [-0.25, -0.2) is 0 Å². The van der Waals surface area contributed by atoms with Gasteiger partial charge in [0.15, 0.2) is 10.3 Å². The van der Waals surface area contributed by atoms with Gasteiger partial charge in [0.25, 0.3) is 0 Å². The highest BCUT2D eigenvalue weighted by molar-refractivity contribution is 6.33. The number of nitrogens with zero attached hydrogens (tertiary/aromatic N) is 3. The molecule has 17 heavy (non-hydrogen) atoms. The zero-order valence-electron chi connectivity index (χ0n) is 9.79. The van der Waals surface area contributed by atoms with Crippen molar-refractivity contribution in [2.75, 3.05) is 31.6 Å². The predicted molar refractivity (Wildman–Crippen MR) is 70.9 cm³/mol. The Morgan fingerprint density at radius 3 is 3.00 bits per heavy atom. The lowest BCUT2D eigenvalue weighted by Gasteiger charge is -2.29. The number of hydrogen-bond donors (Lipinski definition) is 1. The Morgan fingerprint density at radius 1 is 1.47 bits per heavy atom. The lowest BCUT2D eigenvalue weighted by atomic mass is 9.99. The van der Waals surface area contributed by atoms with Crippen LogP contribution in [0.3, 0.4) is 0 Å². The molecule has 4 nitrogen and oxygen atoms in total. The van der Waals surface area contributed by atoms with E-state index in [9.17, 15) is 0 Å². The lowest BCUT2D eigenvalue weighted by Crippen LogP contribution is -2.37. The average Bonchev–Trinajstić information content (AvgIpc) is 2.33. The molecular weight excluding hydrogens is 259 g/mol. The molecule has 2 heterocycles. The molecule has 1 aliphatic heterocycles. The van der Waals surface area contributed by atoms with Gasteiger partial charge in [-0.3, -0.25) is 0 Å². The van der Waals surface area contributed by atoms with Gasteiger partial charge in [-0.05, 0) is 31.8 Å². The van der Waals surface area contributed by atoms with Gasteiger partial charge >= 0.3 is 0 Å². The molecule has 0 aromatic carbocycles. The fourth-order valence-electron chi connectivity index (χ4n) is 2.18. The molecule has 1 N–H and O–H groups in total. The second-order valence-electron chi connectivity index (χ2n) is 4.44. The number of nitrogens with one attached hydrogen (secondary N) is 1. The van der Waals surface area contributed by atoms with Gasteiger partial charge in [-0.15, -0.1) is 10.2 Å². The molecule has 0 amide bonds. The van der Waals surface area contributed by atoms with Gasteiger partial charge in [0.1, 0.15) is 0 Å². The quantitative estimate of drug-likeness (QED) is 0.918. The van der Waals surface area contributed by atoms with E-state index in [1.165, 1.54) is 12.8 Å². The summed E-state index contributed by atoms with van der Waals surface area (Å²) < 4.78 is 0. The highest BCUT2D eigenvalue weighted by atomic mass is 35.5. The third kappa shape index (κ3) is 3.44. The van der Waals surface area contributed by atoms with E-state index in [1.54, 1.807) is 6.07 Å². The number of aromatic nitrogens is 2. The Morgan fingerprint density at radius 2 is 2.29 bits per heavy atom. The van der Waals surface area contributed by atoms with Crippen LogP contribution in [-0.4, -0.2) is 36.9 Å². The van der Waals surface area contributed by atoms with Crippen LogP contribution in [0.2, 0.25) is 10.3 Å². The van der Waals surface area contributed by atoms with Crippen LogP contribution in [-0.2, 0) is 0 Å². The van der Waals surface area contributed by atoms with E-state index in [4.69, 9.17) is 23.2 Å². The monoisotopic (exact) mass is 274 g/mol. The van der Waals surface area contributed by atoms with Gasteiger partial charge in [0.2, 0.25) is 0 Å². The van der Waals surface area contributed by atoms with Crippen LogP contribution in [0.25, 0.3) is 0 Å². The van der Waals surface area contributed by atoms with Gasteiger partial charge in [-0.1, -0.05) is 23.2 Å². The average molecular weight is 275 g/mol. The van der Waals surface area contributed by atoms with E-state index >= 15 is 0 Å². The first kappa shape index (κ1) is 12.9. The molecule has 0 bridgehead atoms. The normalized spacial score (nSPS) is 20.3. The first-order valence-corrected chi connectivity index (χ1v) is 6.53. The van der Waals surface area contributed by atoms with Gasteiger partial charge in [0.05, 0.1) is 5.69 Å². The van der Waals surface area contributed by atoms with Crippen LogP contribution >= 0.6 is 23.2 Å². The Labute approximate surface area is 111 Å². The van der Waals surface area contributed by atoms with E-state index in [-0.39, 0.29) is 0 Å². The summed E-state index contributed by atoms with van der Waals surface area (Å²) >= 11 is 11.9. The summed E-state index contributed by atoms with van der Waals surface area (Å²) in [6.45, 7) is 3.15. The van der Waals surface area contributed by atoms with Gasteiger partial charge in [0, 0.05) is 19.7 Å². The van der Waals surface area contributed by atoms with Crippen LogP contribution in [0.4, 0.5) is 5.69 Å². The molecule has 1 aromatic heterocycles. The summed E-state index contributed by atoms with van der Waals surface area (Å²) in [6.07, 6.45) is 2.49. The third-order valence-electron chi connectivity index (χ3n) is 3.04. The summed E-state index contributed by atoms with van der Waals surface area (Å²) in [5.74, 6) is 0.650. The molecule has 0 aliphatic carbocycles. The van der Waals surface area contributed by atoms with Crippen molar-refractivity contribution in [1.29, 1.82) is 0 Å². The van der Waals surface area contributed by atoms with Crippen molar-refractivity contribution in [3.63, 3.8) is 0 Å². The summed E-state index contributed by atoms with van der Waals surface area (Å²) in [7, 11) is 2.01. The summed E-state index contributed by atoms with van der Waals surface area (Å²) in [5.41, 5.74) is 0.845. The van der Waals surface area contributed by atoms with Crippen LogP contribution in [0.15, 0.2) is 6.07 Å². The van der Waals surface area contributed by atoms with Crippen molar-refractivity contribution < 1.29 is 0 Å². The van der Waals surface area contributed by atoms with Gasteiger partial charge < -0.3 is 10.2 Å². The fourth-order valence-corrected chi connectivity index (χ4v) is 2.56. The maximum atomic E-state index is 6.02. The Kier molecular flexibility index (Phi) is 4.42. The molecular formula is C11H16Cl2N4. The minimum atomic E-state index is 0.373. The zero-order valence-corrected chi connectivity index (χ0v) is 11.3. The van der Waals surface area contributed by atoms with E-state index in [2.05, 4.69) is 20.4 Å². The van der Waals surface area contributed by atoms with Crippen LogP contribution < -0.4 is 10.2 Å². The number of rotatable bonds is 3. The number of piperidine rings is 1. The highest BCUT2D eigenvalue weighted by Crippen LogP contribution is 2.25. The molecule has 1 aliphatic rings. The topological polar surface area (TPSA) is 41.0 Å².